The maximum absolute atomic E-state index is 12.0. The first kappa shape index (κ1) is 16.0. The Morgan fingerprint density at radius 2 is 2.00 bits per heavy atom. The van der Waals surface area contributed by atoms with Crippen molar-refractivity contribution in [3.05, 3.63) is 30.3 Å². The van der Waals surface area contributed by atoms with Crippen LogP contribution in [0.5, 0.6) is 0 Å². The van der Waals surface area contributed by atoms with Gasteiger partial charge in [-0.05, 0) is 37.8 Å². The first-order chi connectivity index (χ1) is 10.2. The monoisotopic (exact) mass is 290 g/mol. The third-order valence-electron chi connectivity index (χ3n) is 4.19. The molecule has 1 aromatic rings. The quantitative estimate of drug-likeness (QED) is 0.754. The summed E-state index contributed by atoms with van der Waals surface area (Å²) in [5, 5.41) is 15.9. The van der Waals surface area contributed by atoms with Crippen molar-refractivity contribution in [3.8, 4) is 0 Å². The SMILES string of the molecule is CC(CC(=O)Nc1ccccc1)NC1CCCCC1CO. The van der Waals surface area contributed by atoms with Crippen molar-refractivity contribution in [1.29, 1.82) is 0 Å². The van der Waals surface area contributed by atoms with E-state index in [2.05, 4.69) is 10.6 Å². The zero-order valence-corrected chi connectivity index (χ0v) is 12.7. The van der Waals surface area contributed by atoms with E-state index in [0.717, 1.165) is 18.5 Å². The third-order valence-corrected chi connectivity index (χ3v) is 4.19. The topological polar surface area (TPSA) is 61.4 Å². The number of aliphatic hydroxyl groups is 1. The summed E-state index contributed by atoms with van der Waals surface area (Å²) in [6.07, 6.45) is 5.03. The lowest BCUT2D eigenvalue weighted by atomic mass is 9.84. The van der Waals surface area contributed by atoms with Gasteiger partial charge in [0.25, 0.3) is 0 Å². The lowest BCUT2D eigenvalue weighted by molar-refractivity contribution is -0.116. The van der Waals surface area contributed by atoms with Crippen LogP contribution in [0.2, 0.25) is 0 Å². The summed E-state index contributed by atoms with van der Waals surface area (Å²) in [7, 11) is 0. The minimum absolute atomic E-state index is 0.0255. The van der Waals surface area contributed by atoms with E-state index in [4.69, 9.17) is 0 Å². The fourth-order valence-electron chi connectivity index (χ4n) is 3.08. The molecule has 3 atom stereocenters. The second-order valence-electron chi connectivity index (χ2n) is 6.02. The number of carbonyl (C=O) groups is 1. The lowest BCUT2D eigenvalue weighted by Crippen LogP contribution is -2.45. The smallest absolute Gasteiger partial charge is 0.225 e. The number of aliphatic hydroxyl groups excluding tert-OH is 1. The van der Waals surface area contributed by atoms with E-state index >= 15 is 0 Å². The summed E-state index contributed by atoms with van der Waals surface area (Å²) in [4.78, 5) is 12.0. The molecule has 1 saturated carbocycles. The molecule has 21 heavy (non-hydrogen) atoms. The van der Waals surface area contributed by atoms with Gasteiger partial charge in [0.15, 0.2) is 0 Å². The predicted molar refractivity (Wildman–Crippen MR) is 85.1 cm³/mol. The summed E-state index contributed by atoms with van der Waals surface area (Å²) < 4.78 is 0. The minimum atomic E-state index is 0.0255. The van der Waals surface area contributed by atoms with Crippen LogP contribution in [0, 0.1) is 5.92 Å². The molecule has 0 spiro atoms. The highest BCUT2D eigenvalue weighted by molar-refractivity contribution is 5.90. The Morgan fingerprint density at radius 1 is 1.29 bits per heavy atom. The van der Waals surface area contributed by atoms with Crippen LogP contribution in [-0.2, 0) is 4.79 Å². The second kappa shape index (κ2) is 8.15. The Hall–Kier alpha value is -1.39. The molecule has 3 N–H and O–H groups in total. The van der Waals surface area contributed by atoms with Gasteiger partial charge in [-0.3, -0.25) is 4.79 Å². The van der Waals surface area contributed by atoms with Crippen LogP contribution in [0.25, 0.3) is 0 Å². The van der Waals surface area contributed by atoms with Crippen molar-refractivity contribution >= 4 is 11.6 Å². The molecule has 1 fully saturated rings. The number of amides is 1. The number of anilines is 1. The van der Waals surface area contributed by atoms with Crippen LogP contribution in [0.15, 0.2) is 30.3 Å². The number of carbonyl (C=O) groups excluding carboxylic acids is 1. The molecule has 4 heteroatoms. The van der Waals surface area contributed by atoms with Crippen molar-refractivity contribution in [2.75, 3.05) is 11.9 Å². The Kier molecular flexibility index (Phi) is 6.21. The number of para-hydroxylation sites is 1. The van der Waals surface area contributed by atoms with Crippen LogP contribution >= 0.6 is 0 Å². The highest BCUT2D eigenvalue weighted by Crippen LogP contribution is 2.24. The Balaban J connectivity index is 1.78. The minimum Gasteiger partial charge on any atom is -0.396 e. The molecule has 2 rings (SSSR count). The summed E-state index contributed by atoms with van der Waals surface area (Å²) in [6.45, 7) is 2.27. The zero-order valence-electron chi connectivity index (χ0n) is 12.7. The number of rotatable bonds is 6. The van der Waals surface area contributed by atoms with Crippen molar-refractivity contribution in [2.24, 2.45) is 5.92 Å². The van der Waals surface area contributed by atoms with Gasteiger partial charge in [0.1, 0.15) is 0 Å². The summed E-state index contributed by atoms with van der Waals surface area (Å²) in [5.74, 6) is 0.357. The van der Waals surface area contributed by atoms with Crippen LogP contribution in [0.1, 0.15) is 39.0 Å². The van der Waals surface area contributed by atoms with Gasteiger partial charge in [-0.1, -0.05) is 31.0 Å². The average molecular weight is 290 g/mol. The molecule has 1 aliphatic rings. The molecule has 116 valence electrons. The van der Waals surface area contributed by atoms with Crippen LogP contribution < -0.4 is 10.6 Å². The summed E-state index contributed by atoms with van der Waals surface area (Å²) in [5.41, 5.74) is 0.834. The molecule has 1 amide bonds. The third kappa shape index (κ3) is 5.14. The fourth-order valence-corrected chi connectivity index (χ4v) is 3.08. The largest absolute Gasteiger partial charge is 0.396 e. The first-order valence-corrected chi connectivity index (χ1v) is 7.91. The first-order valence-electron chi connectivity index (χ1n) is 7.91. The number of nitrogens with one attached hydrogen (secondary N) is 2. The molecule has 1 aromatic carbocycles. The van der Waals surface area contributed by atoms with Gasteiger partial charge in [0.2, 0.25) is 5.91 Å². The Labute approximate surface area is 126 Å². The second-order valence-corrected chi connectivity index (χ2v) is 6.02. The standard InChI is InChI=1S/C17H26N2O2/c1-13(18-16-10-6-5-7-14(16)12-20)11-17(21)19-15-8-3-2-4-9-15/h2-4,8-9,13-14,16,18,20H,5-7,10-12H2,1H3,(H,19,21). The molecule has 0 aliphatic heterocycles. The van der Waals surface area contributed by atoms with Crippen molar-refractivity contribution in [1.82, 2.24) is 5.32 Å². The zero-order chi connectivity index (χ0) is 15.1. The molecule has 4 nitrogen and oxygen atoms in total. The molecular formula is C17H26N2O2. The molecular weight excluding hydrogens is 264 g/mol. The van der Waals surface area contributed by atoms with Crippen LogP contribution in [0.3, 0.4) is 0 Å². The maximum Gasteiger partial charge on any atom is 0.225 e. The van der Waals surface area contributed by atoms with Gasteiger partial charge < -0.3 is 15.7 Å². The molecule has 0 radical (unpaired) electrons. The van der Waals surface area contributed by atoms with E-state index in [1.165, 1.54) is 12.8 Å². The van der Waals surface area contributed by atoms with Crippen molar-refractivity contribution < 1.29 is 9.90 Å². The number of hydrogen-bond donors (Lipinski definition) is 3. The van der Waals surface area contributed by atoms with Gasteiger partial charge in [0.05, 0.1) is 0 Å². The van der Waals surface area contributed by atoms with E-state index in [1.54, 1.807) is 0 Å². The Bertz CT molecular complexity index is 436. The van der Waals surface area contributed by atoms with E-state index in [9.17, 15) is 9.90 Å². The Morgan fingerprint density at radius 3 is 2.71 bits per heavy atom. The van der Waals surface area contributed by atoms with Gasteiger partial charge >= 0.3 is 0 Å². The highest BCUT2D eigenvalue weighted by Gasteiger charge is 2.25. The predicted octanol–water partition coefficient (Wildman–Crippen LogP) is 2.54. The molecule has 0 heterocycles. The van der Waals surface area contributed by atoms with Crippen LogP contribution in [-0.4, -0.2) is 29.7 Å². The van der Waals surface area contributed by atoms with E-state index in [1.807, 2.05) is 37.3 Å². The molecule has 0 aromatic heterocycles. The van der Waals surface area contributed by atoms with Gasteiger partial charge in [-0.25, -0.2) is 0 Å². The molecule has 1 aliphatic carbocycles. The molecule has 0 saturated heterocycles. The van der Waals surface area contributed by atoms with E-state index < -0.39 is 0 Å². The van der Waals surface area contributed by atoms with Crippen molar-refractivity contribution in [3.63, 3.8) is 0 Å². The van der Waals surface area contributed by atoms with Crippen LogP contribution in [0.4, 0.5) is 5.69 Å². The number of hydrogen-bond acceptors (Lipinski definition) is 3. The van der Waals surface area contributed by atoms with E-state index in [-0.39, 0.29) is 18.6 Å². The number of benzene rings is 1. The summed E-state index contributed by atoms with van der Waals surface area (Å²) in [6, 6.07) is 9.97. The van der Waals surface area contributed by atoms with Crippen molar-refractivity contribution in [2.45, 2.75) is 51.1 Å². The summed E-state index contributed by atoms with van der Waals surface area (Å²) >= 11 is 0. The fraction of sp³-hybridized carbons (Fsp3) is 0.588. The van der Waals surface area contributed by atoms with E-state index in [0.29, 0.717) is 18.4 Å². The van der Waals surface area contributed by atoms with Gasteiger partial charge in [0, 0.05) is 30.8 Å². The normalized spacial score (nSPS) is 23.5. The molecule has 3 unspecified atom stereocenters. The van der Waals surface area contributed by atoms with Gasteiger partial charge in [-0.15, -0.1) is 0 Å². The highest BCUT2D eigenvalue weighted by atomic mass is 16.3. The average Bonchev–Trinajstić information content (AvgIpc) is 2.48. The maximum atomic E-state index is 12.0. The van der Waals surface area contributed by atoms with Gasteiger partial charge in [-0.2, -0.15) is 0 Å². The lowest BCUT2D eigenvalue weighted by Gasteiger charge is -2.33. The molecule has 0 bridgehead atoms.